The number of fused-ring (bicyclic) bond motifs is 1. The third-order valence-corrected chi connectivity index (χ3v) is 6.42. The molecule has 5 nitrogen and oxygen atoms in total. The molecule has 0 N–H and O–H groups in total. The summed E-state index contributed by atoms with van der Waals surface area (Å²) in [7, 11) is 0. The van der Waals surface area contributed by atoms with Crippen molar-refractivity contribution in [3.8, 4) is 5.69 Å². The van der Waals surface area contributed by atoms with Gasteiger partial charge in [-0.2, -0.15) is 0 Å². The average Bonchev–Trinajstić information content (AvgIpc) is 2.73. The van der Waals surface area contributed by atoms with Gasteiger partial charge in [-0.15, -0.1) is 0 Å². The van der Waals surface area contributed by atoms with Crippen LogP contribution in [0.15, 0.2) is 47.3 Å². The van der Waals surface area contributed by atoms with Crippen molar-refractivity contribution < 1.29 is 4.79 Å². The van der Waals surface area contributed by atoms with Gasteiger partial charge in [0.05, 0.1) is 22.6 Å². The average molecular weight is 482 g/mol. The number of carbonyl (C=O) groups is 1. The van der Waals surface area contributed by atoms with Crippen molar-refractivity contribution in [2.24, 2.45) is 11.3 Å². The molecule has 1 heterocycles. The van der Waals surface area contributed by atoms with Gasteiger partial charge in [0.25, 0.3) is 5.56 Å². The molecule has 0 bridgehead atoms. The van der Waals surface area contributed by atoms with Crippen LogP contribution in [0.3, 0.4) is 0 Å². The number of amides is 1. The molecule has 1 amide bonds. The van der Waals surface area contributed by atoms with Crippen molar-refractivity contribution in [3.05, 3.63) is 69.2 Å². The maximum Gasteiger partial charge on any atom is 0.266 e. The molecule has 0 aliphatic carbocycles. The number of rotatable bonds is 7. The first-order valence-corrected chi connectivity index (χ1v) is 12.4. The Labute approximate surface area is 207 Å². The molecule has 0 fully saturated rings. The Morgan fingerprint density at radius 1 is 1.15 bits per heavy atom. The highest BCUT2D eigenvalue weighted by atomic mass is 35.5. The number of benzene rings is 2. The summed E-state index contributed by atoms with van der Waals surface area (Å²) in [5.74, 6) is 0.889. The monoisotopic (exact) mass is 481 g/mol. The molecule has 0 saturated heterocycles. The molecule has 2 unspecified atom stereocenters. The van der Waals surface area contributed by atoms with Gasteiger partial charge in [-0.25, -0.2) is 4.98 Å². The summed E-state index contributed by atoms with van der Waals surface area (Å²) in [5, 5.41) is 1.15. The number of hydrogen-bond acceptors (Lipinski definition) is 3. The van der Waals surface area contributed by atoms with Crippen molar-refractivity contribution in [1.82, 2.24) is 14.5 Å². The van der Waals surface area contributed by atoms with Crippen molar-refractivity contribution in [3.63, 3.8) is 0 Å². The van der Waals surface area contributed by atoms with E-state index in [2.05, 4.69) is 27.7 Å². The van der Waals surface area contributed by atoms with Crippen molar-refractivity contribution in [2.45, 2.75) is 67.3 Å². The first-order valence-electron chi connectivity index (χ1n) is 12.0. The van der Waals surface area contributed by atoms with E-state index in [1.165, 1.54) is 0 Å². The minimum atomic E-state index is -0.383. The highest BCUT2D eigenvalue weighted by Crippen LogP contribution is 2.29. The van der Waals surface area contributed by atoms with Gasteiger partial charge in [0.15, 0.2) is 0 Å². The molecule has 2 atom stereocenters. The Kier molecular flexibility index (Phi) is 7.87. The molecular formula is C28H36ClN3O2. The Morgan fingerprint density at radius 3 is 2.44 bits per heavy atom. The van der Waals surface area contributed by atoms with Crippen LogP contribution in [0.5, 0.6) is 0 Å². The van der Waals surface area contributed by atoms with Gasteiger partial charge in [-0.3, -0.25) is 14.2 Å². The van der Waals surface area contributed by atoms with Crippen LogP contribution in [0.4, 0.5) is 0 Å². The van der Waals surface area contributed by atoms with Crippen LogP contribution in [0.1, 0.15) is 71.8 Å². The van der Waals surface area contributed by atoms with Crippen molar-refractivity contribution >= 4 is 28.4 Å². The Bertz CT molecular complexity index is 1240. The first kappa shape index (κ1) is 26.0. The number of aryl methyl sites for hydroxylation is 1. The predicted molar refractivity (Wildman–Crippen MR) is 141 cm³/mol. The second kappa shape index (κ2) is 10.3. The summed E-state index contributed by atoms with van der Waals surface area (Å²) in [4.78, 5) is 33.8. The number of halogens is 1. The molecule has 3 rings (SSSR count). The van der Waals surface area contributed by atoms with Crippen LogP contribution < -0.4 is 5.56 Å². The maximum atomic E-state index is 13.7. The van der Waals surface area contributed by atoms with E-state index in [9.17, 15) is 9.59 Å². The fraction of sp³-hybridized carbons (Fsp3) is 0.464. The zero-order valence-corrected chi connectivity index (χ0v) is 22.1. The maximum absolute atomic E-state index is 13.7. The topological polar surface area (TPSA) is 55.2 Å². The smallest absolute Gasteiger partial charge is 0.266 e. The van der Waals surface area contributed by atoms with E-state index in [1.807, 2.05) is 56.0 Å². The number of nitrogens with zero attached hydrogens (tertiary/aromatic N) is 3. The van der Waals surface area contributed by atoms with Gasteiger partial charge in [0.2, 0.25) is 5.91 Å². The van der Waals surface area contributed by atoms with Crippen LogP contribution in [-0.4, -0.2) is 26.9 Å². The minimum absolute atomic E-state index is 0.0773. The third-order valence-electron chi connectivity index (χ3n) is 6.19. The van der Waals surface area contributed by atoms with Gasteiger partial charge in [0, 0.05) is 18.0 Å². The van der Waals surface area contributed by atoms with Crippen molar-refractivity contribution in [1.29, 1.82) is 0 Å². The van der Waals surface area contributed by atoms with Gasteiger partial charge in [-0.05, 0) is 74.4 Å². The van der Waals surface area contributed by atoms with Gasteiger partial charge in [-0.1, -0.05) is 51.4 Å². The van der Waals surface area contributed by atoms with E-state index < -0.39 is 0 Å². The summed E-state index contributed by atoms with van der Waals surface area (Å²) in [6.07, 6.45) is 1.43. The molecule has 182 valence electrons. The van der Waals surface area contributed by atoms with E-state index in [0.717, 1.165) is 17.7 Å². The normalized spacial score (nSPS) is 13.6. The van der Waals surface area contributed by atoms with Crippen LogP contribution in [0.2, 0.25) is 5.02 Å². The number of hydrogen-bond donors (Lipinski definition) is 0. The van der Waals surface area contributed by atoms with Gasteiger partial charge < -0.3 is 4.90 Å². The molecule has 0 radical (unpaired) electrons. The predicted octanol–water partition coefficient (Wildman–Crippen LogP) is 6.72. The first-order chi connectivity index (χ1) is 15.9. The molecule has 6 heteroatoms. The highest BCUT2D eigenvalue weighted by Gasteiger charge is 2.28. The van der Waals surface area contributed by atoms with Crippen LogP contribution in [0.25, 0.3) is 16.6 Å². The molecule has 0 spiro atoms. The number of para-hydroxylation sites is 1. The molecule has 0 aliphatic rings. The summed E-state index contributed by atoms with van der Waals surface area (Å²) in [6.45, 7) is 15.1. The molecular weight excluding hydrogens is 446 g/mol. The quantitative estimate of drug-likeness (QED) is 0.376. The fourth-order valence-electron chi connectivity index (χ4n) is 4.87. The Balaban J connectivity index is 2.11. The molecule has 0 aliphatic heterocycles. The lowest BCUT2D eigenvalue weighted by molar-refractivity contribution is -0.134. The largest absolute Gasteiger partial charge is 0.333 e. The number of carbonyl (C=O) groups excluding carboxylic acids is 1. The summed E-state index contributed by atoms with van der Waals surface area (Å²) >= 11 is 6.19. The second-order valence-corrected chi connectivity index (χ2v) is 10.9. The standard InChI is InChI=1S/C28H36ClN3O2/c1-8-31(25(33)15-18(2)17-28(5,6)7)20(4)26-30-23-12-10-9-11-22(23)27(34)32(26)24-14-13-21(29)16-19(24)3/h9-14,16,18,20H,8,15,17H2,1-7H3. The zero-order valence-electron chi connectivity index (χ0n) is 21.4. The highest BCUT2D eigenvalue weighted by molar-refractivity contribution is 6.30. The lowest BCUT2D eigenvalue weighted by Gasteiger charge is -2.31. The van der Waals surface area contributed by atoms with Gasteiger partial charge >= 0.3 is 0 Å². The summed E-state index contributed by atoms with van der Waals surface area (Å²) in [6, 6.07) is 12.4. The van der Waals surface area contributed by atoms with Crippen LogP contribution in [-0.2, 0) is 4.79 Å². The lowest BCUT2D eigenvalue weighted by atomic mass is 9.84. The number of aromatic nitrogens is 2. The van der Waals surface area contributed by atoms with E-state index >= 15 is 0 Å². The zero-order chi connectivity index (χ0) is 25.2. The van der Waals surface area contributed by atoms with Gasteiger partial charge in [0.1, 0.15) is 5.82 Å². The molecule has 2 aromatic carbocycles. The van der Waals surface area contributed by atoms with E-state index in [0.29, 0.717) is 34.7 Å². The van der Waals surface area contributed by atoms with Crippen LogP contribution in [0, 0.1) is 18.3 Å². The Morgan fingerprint density at radius 2 is 1.82 bits per heavy atom. The summed E-state index contributed by atoms with van der Waals surface area (Å²) in [5.41, 5.74) is 2.23. The molecule has 1 aromatic heterocycles. The lowest BCUT2D eigenvalue weighted by Crippen LogP contribution is -2.38. The SMILES string of the molecule is CCN(C(=O)CC(C)CC(C)(C)C)C(C)c1nc2ccccc2c(=O)n1-c1ccc(Cl)cc1C. The summed E-state index contributed by atoms with van der Waals surface area (Å²) < 4.78 is 1.65. The molecule has 3 aromatic rings. The fourth-order valence-corrected chi connectivity index (χ4v) is 5.10. The Hall–Kier alpha value is -2.66. The van der Waals surface area contributed by atoms with E-state index in [1.54, 1.807) is 16.7 Å². The van der Waals surface area contributed by atoms with Crippen LogP contribution >= 0.6 is 11.6 Å². The van der Waals surface area contributed by atoms with E-state index in [4.69, 9.17) is 16.6 Å². The third kappa shape index (κ3) is 5.69. The minimum Gasteiger partial charge on any atom is -0.333 e. The molecule has 0 saturated carbocycles. The van der Waals surface area contributed by atoms with Crippen molar-refractivity contribution in [2.75, 3.05) is 6.54 Å². The van der Waals surface area contributed by atoms with E-state index in [-0.39, 0.29) is 28.8 Å². The molecule has 34 heavy (non-hydrogen) atoms. The second-order valence-electron chi connectivity index (χ2n) is 10.5.